The standard InChI is InChI=1S/C14H22N2OS/c1-15(2)12-7-9-16(10-8-12)14(17)6-5-13-4-3-11-18-13/h3-4,11-12H,5-10H2,1-2H3. The van der Waals surface area contributed by atoms with Crippen LogP contribution in [0.25, 0.3) is 0 Å². The second kappa shape index (κ2) is 6.34. The highest BCUT2D eigenvalue weighted by atomic mass is 32.1. The normalized spacial score (nSPS) is 17.4. The second-order valence-corrected chi connectivity index (χ2v) is 6.19. The molecule has 18 heavy (non-hydrogen) atoms. The Bertz CT molecular complexity index is 367. The molecule has 0 radical (unpaired) electrons. The molecule has 1 amide bonds. The number of thiophene rings is 1. The largest absolute Gasteiger partial charge is 0.343 e. The van der Waals surface area contributed by atoms with Gasteiger partial charge >= 0.3 is 0 Å². The SMILES string of the molecule is CN(C)C1CCN(C(=O)CCc2cccs2)CC1. The van der Waals surface area contributed by atoms with E-state index < -0.39 is 0 Å². The topological polar surface area (TPSA) is 23.6 Å². The van der Waals surface area contributed by atoms with Gasteiger partial charge in [-0.1, -0.05) is 6.07 Å². The molecule has 0 bridgehead atoms. The van der Waals surface area contributed by atoms with E-state index in [1.807, 2.05) is 11.0 Å². The average molecular weight is 266 g/mol. The van der Waals surface area contributed by atoms with Crippen molar-refractivity contribution >= 4 is 17.2 Å². The monoisotopic (exact) mass is 266 g/mol. The van der Waals surface area contributed by atoms with Crippen LogP contribution in [0.15, 0.2) is 17.5 Å². The Labute approximate surface area is 113 Å². The quantitative estimate of drug-likeness (QED) is 0.834. The van der Waals surface area contributed by atoms with E-state index in [9.17, 15) is 4.79 Å². The van der Waals surface area contributed by atoms with Gasteiger partial charge in [-0.05, 0) is 44.8 Å². The summed E-state index contributed by atoms with van der Waals surface area (Å²) in [6.45, 7) is 1.85. The maximum absolute atomic E-state index is 12.1. The van der Waals surface area contributed by atoms with E-state index in [-0.39, 0.29) is 0 Å². The van der Waals surface area contributed by atoms with Crippen LogP contribution >= 0.6 is 11.3 Å². The zero-order valence-electron chi connectivity index (χ0n) is 11.3. The highest BCUT2D eigenvalue weighted by Crippen LogP contribution is 2.16. The number of carbonyl (C=O) groups is 1. The van der Waals surface area contributed by atoms with Crippen LogP contribution in [0.3, 0.4) is 0 Å². The van der Waals surface area contributed by atoms with Crippen LogP contribution in [0, 0.1) is 0 Å². The van der Waals surface area contributed by atoms with Crippen LogP contribution in [0.2, 0.25) is 0 Å². The third-order valence-electron chi connectivity index (χ3n) is 3.71. The van der Waals surface area contributed by atoms with Crippen LogP contribution in [-0.2, 0) is 11.2 Å². The number of aryl methyl sites for hydroxylation is 1. The molecule has 0 aliphatic carbocycles. The Kier molecular flexibility index (Phi) is 4.78. The first-order valence-corrected chi connectivity index (χ1v) is 7.51. The molecule has 0 aromatic carbocycles. The summed E-state index contributed by atoms with van der Waals surface area (Å²) in [5, 5.41) is 2.07. The second-order valence-electron chi connectivity index (χ2n) is 5.15. The number of hydrogen-bond acceptors (Lipinski definition) is 3. The van der Waals surface area contributed by atoms with E-state index in [0.717, 1.165) is 32.4 Å². The van der Waals surface area contributed by atoms with Gasteiger partial charge in [-0.2, -0.15) is 0 Å². The number of carbonyl (C=O) groups excluding carboxylic acids is 1. The number of piperidine rings is 1. The van der Waals surface area contributed by atoms with Crippen molar-refractivity contribution in [2.45, 2.75) is 31.7 Å². The zero-order valence-corrected chi connectivity index (χ0v) is 12.1. The minimum absolute atomic E-state index is 0.320. The molecule has 4 heteroatoms. The van der Waals surface area contributed by atoms with E-state index in [1.54, 1.807) is 11.3 Å². The van der Waals surface area contributed by atoms with Crippen molar-refractivity contribution in [1.82, 2.24) is 9.80 Å². The molecule has 3 nitrogen and oxygen atoms in total. The van der Waals surface area contributed by atoms with E-state index >= 15 is 0 Å². The number of likely N-dealkylation sites (tertiary alicyclic amines) is 1. The molecule has 1 aliphatic heterocycles. The van der Waals surface area contributed by atoms with Gasteiger partial charge in [0.15, 0.2) is 0 Å². The number of rotatable bonds is 4. The molecule has 0 spiro atoms. The molecule has 2 heterocycles. The first-order chi connectivity index (χ1) is 8.66. The van der Waals surface area contributed by atoms with Crippen molar-refractivity contribution in [2.24, 2.45) is 0 Å². The van der Waals surface area contributed by atoms with Crippen LogP contribution in [-0.4, -0.2) is 48.9 Å². The predicted octanol–water partition coefficient (Wildman–Crippen LogP) is 2.23. The van der Waals surface area contributed by atoms with Crippen molar-refractivity contribution < 1.29 is 4.79 Å². The lowest BCUT2D eigenvalue weighted by Crippen LogP contribution is -2.44. The van der Waals surface area contributed by atoms with Crippen molar-refractivity contribution in [3.63, 3.8) is 0 Å². The lowest BCUT2D eigenvalue weighted by molar-refractivity contribution is -0.132. The Balaban J connectivity index is 1.74. The highest BCUT2D eigenvalue weighted by Gasteiger charge is 2.23. The minimum atomic E-state index is 0.320. The molecular formula is C14H22N2OS. The summed E-state index contributed by atoms with van der Waals surface area (Å²) in [6, 6.07) is 4.80. The van der Waals surface area contributed by atoms with Crippen molar-refractivity contribution in [3.05, 3.63) is 22.4 Å². The summed E-state index contributed by atoms with van der Waals surface area (Å²) in [4.78, 5) is 17.7. The molecule has 0 saturated carbocycles. The van der Waals surface area contributed by atoms with Crippen LogP contribution in [0.4, 0.5) is 0 Å². The van der Waals surface area contributed by atoms with Gasteiger partial charge in [0.1, 0.15) is 0 Å². The van der Waals surface area contributed by atoms with Gasteiger partial charge in [0.05, 0.1) is 0 Å². The van der Waals surface area contributed by atoms with Gasteiger partial charge in [0.2, 0.25) is 5.91 Å². The van der Waals surface area contributed by atoms with Crippen LogP contribution in [0.5, 0.6) is 0 Å². The third kappa shape index (κ3) is 3.56. The van der Waals surface area contributed by atoms with Gasteiger partial charge in [-0.25, -0.2) is 0 Å². The van der Waals surface area contributed by atoms with Crippen molar-refractivity contribution in [1.29, 1.82) is 0 Å². The van der Waals surface area contributed by atoms with Gasteiger partial charge in [-0.15, -0.1) is 11.3 Å². The molecule has 0 N–H and O–H groups in total. The first-order valence-electron chi connectivity index (χ1n) is 6.63. The molecule has 1 fully saturated rings. The van der Waals surface area contributed by atoms with Crippen LogP contribution < -0.4 is 0 Å². The fourth-order valence-corrected chi connectivity index (χ4v) is 3.18. The molecule has 0 unspecified atom stereocenters. The first kappa shape index (κ1) is 13.6. The summed E-state index contributed by atoms with van der Waals surface area (Å²) < 4.78 is 0. The maximum Gasteiger partial charge on any atom is 0.222 e. The van der Waals surface area contributed by atoms with E-state index in [4.69, 9.17) is 0 Å². The van der Waals surface area contributed by atoms with Crippen molar-refractivity contribution in [3.8, 4) is 0 Å². The summed E-state index contributed by atoms with van der Waals surface area (Å²) in [7, 11) is 4.25. The molecule has 0 atom stereocenters. The van der Waals surface area contributed by atoms with Gasteiger partial charge in [-0.3, -0.25) is 4.79 Å². The summed E-state index contributed by atoms with van der Waals surface area (Å²) >= 11 is 1.74. The fourth-order valence-electron chi connectivity index (χ4n) is 2.47. The van der Waals surface area contributed by atoms with Crippen LogP contribution in [0.1, 0.15) is 24.1 Å². The fraction of sp³-hybridized carbons (Fsp3) is 0.643. The van der Waals surface area contributed by atoms with Crippen molar-refractivity contribution in [2.75, 3.05) is 27.2 Å². The highest BCUT2D eigenvalue weighted by molar-refractivity contribution is 7.09. The Morgan fingerprint density at radius 1 is 1.44 bits per heavy atom. The summed E-state index contributed by atoms with van der Waals surface area (Å²) in [6.07, 6.45) is 3.77. The Morgan fingerprint density at radius 2 is 2.17 bits per heavy atom. The predicted molar refractivity (Wildman–Crippen MR) is 75.9 cm³/mol. The number of hydrogen-bond donors (Lipinski definition) is 0. The molecule has 1 aromatic rings. The Hall–Kier alpha value is -0.870. The maximum atomic E-state index is 12.1. The molecule has 1 aliphatic rings. The van der Waals surface area contributed by atoms with Gasteiger partial charge in [0.25, 0.3) is 0 Å². The molecular weight excluding hydrogens is 244 g/mol. The average Bonchev–Trinajstić information content (AvgIpc) is 2.89. The third-order valence-corrected chi connectivity index (χ3v) is 4.65. The van der Waals surface area contributed by atoms with E-state index in [1.165, 1.54) is 4.88 Å². The Morgan fingerprint density at radius 3 is 2.72 bits per heavy atom. The lowest BCUT2D eigenvalue weighted by atomic mass is 10.0. The lowest BCUT2D eigenvalue weighted by Gasteiger charge is -2.35. The molecule has 1 aromatic heterocycles. The van der Waals surface area contributed by atoms with Gasteiger partial charge in [0, 0.05) is 30.4 Å². The minimum Gasteiger partial charge on any atom is -0.343 e. The molecule has 1 saturated heterocycles. The summed E-state index contributed by atoms with van der Waals surface area (Å²) in [5.41, 5.74) is 0. The smallest absolute Gasteiger partial charge is 0.222 e. The van der Waals surface area contributed by atoms with Gasteiger partial charge < -0.3 is 9.80 Å². The zero-order chi connectivity index (χ0) is 13.0. The van der Waals surface area contributed by atoms with E-state index in [2.05, 4.69) is 30.4 Å². The molecule has 100 valence electrons. The number of amides is 1. The number of nitrogens with zero attached hydrogens (tertiary/aromatic N) is 2. The van der Waals surface area contributed by atoms with E-state index in [0.29, 0.717) is 18.4 Å². The summed E-state index contributed by atoms with van der Waals surface area (Å²) in [5.74, 6) is 0.320. The molecule has 2 rings (SSSR count).